The van der Waals surface area contributed by atoms with Gasteiger partial charge in [-0.25, -0.2) is 4.98 Å². The Morgan fingerprint density at radius 3 is 2.57 bits per heavy atom. The number of benzene rings is 1. The Labute approximate surface area is 166 Å². The van der Waals surface area contributed by atoms with Crippen molar-refractivity contribution in [2.75, 3.05) is 19.6 Å². The summed E-state index contributed by atoms with van der Waals surface area (Å²) in [7, 11) is 0. The molecule has 0 bridgehead atoms. The van der Waals surface area contributed by atoms with E-state index in [4.69, 9.17) is 4.98 Å². The fraction of sp³-hybridized carbons (Fsp3) is 0.591. The van der Waals surface area contributed by atoms with E-state index >= 15 is 0 Å². The Hall–Kier alpha value is -2.37. The molecule has 28 heavy (non-hydrogen) atoms. The van der Waals surface area contributed by atoms with E-state index in [-0.39, 0.29) is 17.7 Å². The summed E-state index contributed by atoms with van der Waals surface area (Å²) in [5.41, 5.74) is 1.90. The molecule has 2 heterocycles. The molecule has 2 amide bonds. The van der Waals surface area contributed by atoms with Crippen LogP contribution in [0.5, 0.6) is 0 Å². The summed E-state index contributed by atoms with van der Waals surface area (Å²) in [5, 5.41) is 3.09. The third-order valence-corrected chi connectivity index (χ3v) is 6.11. The van der Waals surface area contributed by atoms with Gasteiger partial charge in [0.1, 0.15) is 12.4 Å². The van der Waals surface area contributed by atoms with Crippen LogP contribution in [0.15, 0.2) is 24.3 Å². The molecule has 1 aromatic heterocycles. The van der Waals surface area contributed by atoms with Gasteiger partial charge in [0.05, 0.1) is 11.0 Å². The number of imidazole rings is 1. The summed E-state index contributed by atoms with van der Waals surface area (Å²) in [6, 6.07) is 7.95. The summed E-state index contributed by atoms with van der Waals surface area (Å²) in [5.74, 6) is 1.38. The normalized spacial score (nSPS) is 17.9. The van der Waals surface area contributed by atoms with Gasteiger partial charge in [0.25, 0.3) is 0 Å². The van der Waals surface area contributed by atoms with E-state index in [1.54, 1.807) is 0 Å². The van der Waals surface area contributed by atoms with Gasteiger partial charge in [-0.1, -0.05) is 31.4 Å². The molecule has 2 aromatic rings. The molecule has 0 radical (unpaired) electrons. The van der Waals surface area contributed by atoms with Crippen molar-refractivity contribution in [2.45, 2.75) is 57.9 Å². The van der Waals surface area contributed by atoms with Gasteiger partial charge in [0, 0.05) is 32.0 Å². The highest BCUT2D eigenvalue weighted by Gasteiger charge is 2.22. The minimum absolute atomic E-state index is 0.160. The van der Waals surface area contributed by atoms with Crippen molar-refractivity contribution in [1.29, 1.82) is 0 Å². The van der Waals surface area contributed by atoms with Gasteiger partial charge in [-0.15, -0.1) is 0 Å². The molecule has 150 valence electrons. The lowest BCUT2D eigenvalue weighted by atomic mass is 9.89. The van der Waals surface area contributed by atoms with Crippen LogP contribution in [0.3, 0.4) is 0 Å². The first-order valence-electron chi connectivity index (χ1n) is 10.7. The number of rotatable bonds is 6. The molecular formula is C22H30N4O2. The van der Waals surface area contributed by atoms with Gasteiger partial charge in [-0.2, -0.15) is 0 Å². The van der Waals surface area contributed by atoms with E-state index in [2.05, 4.69) is 5.32 Å². The largest absolute Gasteiger partial charge is 0.355 e. The highest BCUT2D eigenvalue weighted by Crippen LogP contribution is 2.23. The van der Waals surface area contributed by atoms with E-state index in [1.807, 2.05) is 33.7 Å². The second-order valence-electron chi connectivity index (χ2n) is 8.07. The highest BCUT2D eigenvalue weighted by molar-refractivity contribution is 5.81. The topological polar surface area (TPSA) is 67.2 Å². The monoisotopic (exact) mass is 382 g/mol. The SMILES string of the molecule is O=C(NCCc1nc2ccccc2n1CC(=O)N1CCCC1)C1CCCCC1. The summed E-state index contributed by atoms with van der Waals surface area (Å²) in [4.78, 5) is 31.8. The van der Waals surface area contributed by atoms with Gasteiger partial charge in [0.2, 0.25) is 11.8 Å². The van der Waals surface area contributed by atoms with Crippen LogP contribution < -0.4 is 5.32 Å². The van der Waals surface area contributed by atoms with Crippen molar-refractivity contribution in [2.24, 2.45) is 5.92 Å². The van der Waals surface area contributed by atoms with Crippen molar-refractivity contribution in [3.05, 3.63) is 30.1 Å². The van der Waals surface area contributed by atoms with Crippen molar-refractivity contribution < 1.29 is 9.59 Å². The van der Waals surface area contributed by atoms with E-state index < -0.39 is 0 Å². The fourth-order valence-electron chi connectivity index (χ4n) is 4.50. The van der Waals surface area contributed by atoms with Crippen LogP contribution in [0.2, 0.25) is 0 Å². The van der Waals surface area contributed by atoms with Crippen LogP contribution in [0.1, 0.15) is 50.8 Å². The first kappa shape index (κ1) is 19.0. The maximum absolute atomic E-state index is 12.7. The molecule has 0 atom stereocenters. The summed E-state index contributed by atoms with van der Waals surface area (Å²) >= 11 is 0. The van der Waals surface area contributed by atoms with Crippen LogP contribution in [0.25, 0.3) is 11.0 Å². The molecule has 2 fully saturated rings. The second-order valence-corrected chi connectivity index (χ2v) is 8.07. The molecule has 2 aliphatic rings. The molecule has 0 spiro atoms. The van der Waals surface area contributed by atoms with E-state index in [0.717, 1.165) is 68.5 Å². The first-order chi connectivity index (χ1) is 13.7. The number of nitrogens with zero attached hydrogens (tertiary/aromatic N) is 3. The van der Waals surface area contributed by atoms with Gasteiger partial charge in [-0.3, -0.25) is 9.59 Å². The zero-order chi connectivity index (χ0) is 19.3. The standard InChI is InChI=1S/C22H30N4O2/c27-21(25-14-6-7-15-25)16-26-19-11-5-4-10-18(19)24-20(26)12-13-23-22(28)17-8-2-1-3-9-17/h4-5,10-11,17H,1-3,6-9,12-16H2,(H,23,28). The predicted octanol–water partition coefficient (Wildman–Crippen LogP) is 2.90. The zero-order valence-electron chi connectivity index (χ0n) is 16.5. The number of carbonyl (C=O) groups excluding carboxylic acids is 2. The van der Waals surface area contributed by atoms with Crippen LogP contribution in [0.4, 0.5) is 0 Å². The molecule has 1 aromatic carbocycles. The number of hydrogen-bond donors (Lipinski definition) is 1. The Balaban J connectivity index is 1.43. The van der Waals surface area contributed by atoms with Crippen molar-refractivity contribution in [3.63, 3.8) is 0 Å². The average Bonchev–Trinajstić information content (AvgIpc) is 3.38. The smallest absolute Gasteiger partial charge is 0.242 e. The van der Waals surface area contributed by atoms with E-state index in [1.165, 1.54) is 6.42 Å². The van der Waals surface area contributed by atoms with Gasteiger partial charge in [0.15, 0.2) is 0 Å². The minimum Gasteiger partial charge on any atom is -0.355 e. The Bertz CT molecular complexity index is 832. The molecule has 1 N–H and O–H groups in total. The molecule has 6 nitrogen and oxygen atoms in total. The maximum Gasteiger partial charge on any atom is 0.242 e. The average molecular weight is 383 g/mol. The third-order valence-electron chi connectivity index (χ3n) is 6.11. The number of likely N-dealkylation sites (tertiary alicyclic amines) is 1. The molecule has 6 heteroatoms. The number of para-hydroxylation sites is 2. The molecule has 1 aliphatic carbocycles. The number of hydrogen-bond acceptors (Lipinski definition) is 3. The number of fused-ring (bicyclic) bond motifs is 1. The lowest BCUT2D eigenvalue weighted by molar-refractivity contribution is -0.130. The van der Waals surface area contributed by atoms with E-state index in [9.17, 15) is 9.59 Å². The number of carbonyl (C=O) groups is 2. The minimum atomic E-state index is 0.160. The summed E-state index contributed by atoms with van der Waals surface area (Å²) in [6.45, 7) is 2.61. The van der Waals surface area contributed by atoms with Crippen LogP contribution in [-0.4, -0.2) is 45.9 Å². The number of aromatic nitrogens is 2. The second kappa shape index (κ2) is 8.76. The summed E-state index contributed by atoms with van der Waals surface area (Å²) < 4.78 is 2.03. The molecule has 1 saturated carbocycles. The quantitative estimate of drug-likeness (QED) is 0.835. The molecule has 1 aliphatic heterocycles. The van der Waals surface area contributed by atoms with Crippen LogP contribution in [0, 0.1) is 5.92 Å². The highest BCUT2D eigenvalue weighted by atomic mass is 16.2. The Kier molecular flexibility index (Phi) is 5.93. The fourth-order valence-corrected chi connectivity index (χ4v) is 4.50. The molecular weight excluding hydrogens is 352 g/mol. The van der Waals surface area contributed by atoms with Gasteiger partial charge in [-0.05, 0) is 37.8 Å². The number of amides is 2. The number of nitrogens with one attached hydrogen (secondary N) is 1. The molecule has 1 saturated heterocycles. The maximum atomic E-state index is 12.7. The molecule has 4 rings (SSSR count). The predicted molar refractivity (Wildman–Crippen MR) is 109 cm³/mol. The molecule has 0 unspecified atom stereocenters. The Morgan fingerprint density at radius 2 is 1.79 bits per heavy atom. The zero-order valence-corrected chi connectivity index (χ0v) is 16.5. The lowest BCUT2D eigenvalue weighted by Crippen LogP contribution is -2.34. The third kappa shape index (κ3) is 4.21. The van der Waals surface area contributed by atoms with Gasteiger partial charge < -0.3 is 14.8 Å². The van der Waals surface area contributed by atoms with Crippen LogP contribution in [-0.2, 0) is 22.6 Å². The Morgan fingerprint density at radius 1 is 1.04 bits per heavy atom. The van der Waals surface area contributed by atoms with Crippen molar-refractivity contribution in [3.8, 4) is 0 Å². The van der Waals surface area contributed by atoms with Crippen LogP contribution >= 0.6 is 0 Å². The lowest BCUT2D eigenvalue weighted by Gasteiger charge is -2.20. The van der Waals surface area contributed by atoms with E-state index in [0.29, 0.717) is 19.5 Å². The summed E-state index contributed by atoms with van der Waals surface area (Å²) in [6.07, 6.45) is 8.41. The first-order valence-corrected chi connectivity index (χ1v) is 10.7. The van der Waals surface area contributed by atoms with Crippen molar-refractivity contribution >= 4 is 22.8 Å². The van der Waals surface area contributed by atoms with Gasteiger partial charge >= 0.3 is 0 Å². The van der Waals surface area contributed by atoms with Crippen molar-refractivity contribution in [1.82, 2.24) is 19.8 Å².